The summed E-state index contributed by atoms with van der Waals surface area (Å²) in [6.45, 7) is 2.90. The molecule has 3 rings (SSSR count). The first-order chi connectivity index (χ1) is 12.5. The van der Waals surface area contributed by atoms with Crippen molar-refractivity contribution in [3.8, 4) is 0 Å². The minimum atomic E-state index is -0.0412. The molecule has 1 aliphatic carbocycles. The Hall–Kier alpha value is -2.69. The molecule has 1 aromatic heterocycles. The molecular formula is C21H27N5. The number of nitrogens with one attached hydrogen (secondary N) is 2. The predicted molar refractivity (Wildman–Crippen MR) is 107 cm³/mol. The van der Waals surface area contributed by atoms with Gasteiger partial charge in [-0.15, -0.1) is 0 Å². The van der Waals surface area contributed by atoms with Crippen LogP contribution in [0.2, 0.25) is 0 Å². The summed E-state index contributed by atoms with van der Waals surface area (Å²) in [7, 11) is 0. The van der Waals surface area contributed by atoms with Crippen molar-refractivity contribution in [3.63, 3.8) is 0 Å². The van der Waals surface area contributed by atoms with Crippen LogP contribution in [0.25, 0.3) is 5.57 Å². The molecule has 1 aliphatic rings. The van der Waals surface area contributed by atoms with Crippen LogP contribution in [0, 0.1) is 23.7 Å². The first-order valence-corrected chi connectivity index (χ1v) is 9.28. The van der Waals surface area contributed by atoms with E-state index in [1.165, 1.54) is 32.1 Å². The topological polar surface area (TPSA) is 91.5 Å². The molecule has 0 aliphatic heterocycles. The van der Waals surface area contributed by atoms with Gasteiger partial charge in [0.15, 0.2) is 0 Å². The molecule has 0 radical (unpaired) electrons. The van der Waals surface area contributed by atoms with Crippen molar-refractivity contribution in [2.45, 2.75) is 45.6 Å². The zero-order valence-electron chi connectivity index (χ0n) is 15.3. The van der Waals surface area contributed by atoms with Crippen molar-refractivity contribution < 1.29 is 0 Å². The van der Waals surface area contributed by atoms with Gasteiger partial charge < -0.3 is 11.1 Å². The SMILES string of the molecule is Cc1ccccc1C(=N)/C=C(\C(=N)N)c1cnn(CC2CCCCC2)c1. The van der Waals surface area contributed by atoms with Crippen LogP contribution in [0.3, 0.4) is 0 Å². The Morgan fingerprint density at radius 3 is 2.65 bits per heavy atom. The van der Waals surface area contributed by atoms with Crippen molar-refractivity contribution in [1.29, 1.82) is 10.8 Å². The van der Waals surface area contributed by atoms with Gasteiger partial charge in [-0.05, 0) is 37.3 Å². The molecule has 136 valence electrons. The lowest BCUT2D eigenvalue weighted by molar-refractivity contribution is 0.308. The molecule has 1 fully saturated rings. The van der Waals surface area contributed by atoms with Gasteiger partial charge in [0.2, 0.25) is 0 Å². The number of hydrogen-bond donors (Lipinski definition) is 3. The monoisotopic (exact) mass is 349 g/mol. The smallest absolute Gasteiger partial charge is 0.123 e. The van der Waals surface area contributed by atoms with Gasteiger partial charge in [-0.2, -0.15) is 5.10 Å². The quantitative estimate of drug-likeness (QED) is 0.540. The number of aromatic nitrogens is 2. The van der Waals surface area contributed by atoms with Crippen LogP contribution in [0.5, 0.6) is 0 Å². The molecule has 0 atom stereocenters. The van der Waals surface area contributed by atoms with E-state index in [1.54, 1.807) is 12.3 Å². The van der Waals surface area contributed by atoms with E-state index in [9.17, 15) is 0 Å². The van der Waals surface area contributed by atoms with Crippen LogP contribution >= 0.6 is 0 Å². The summed E-state index contributed by atoms with van der Waals surface area (Å²) in [5.74, 6) is 0.645. The number of allylic oxidation sites excluding steroid dienone is 1. The third kappa shape index (κ3) is 4.28. The average Bonchev–Trinajstić information content (AvgIpc) is 3.08. The number of nitrogens with two attached hydrogens (primary N) is 1. The first kappa shape index (κ1) is 18.1. The lowest BCUT2D eigenvalue weighted by Gasteiger charge is -2.21. The van der Waals surface area contributed by atoms with E-state index in [2.05, 4.69) is 5.10 Å². The van der Waals surface area contributed by atoms with Crippen LogP contribution < -0.4 is 5.73 Å². The number of rotatable bonds is 6. The van der Waals surface area contributed by atoms with Crippen LogP contribution in [0.4, 0.5) is 0 Å². The molecule has 1 saturated carbocycles. The minimum Gasteiger partial charge on any atom is -0.384 e. The average molecular weight is 349 g/mol. The molecule has 0 bridgehead atoms. The second-order valence-corrected chi connectivity index (χ2v) is 7.16. The lowest BCUT2D eigenvalue weighted by atomic mass is 9.89. The Bertz CT molecular complexity index is 824. The maximum absolute atomic E-state index is 8.40. The predicted octanol–water partition coefficient (Wildman–Crippen LogP) is 4.16. The fourth-order valence-electron chi connectivity index (χ4n) is 3.65. The Labute approximate surface area is 154 Å². The largest absolute Gasteiger partial charge is 0.384 e. The van der Waals surface area contributed by atoms with Gasteiger partial charge in [-0.3, -0.25) is 10.1 Å². The molecule has 26 heavy (non-hydrogen) atoms. The van der Waals surface area contributed by atoms with Gasteiger partial charge in [0.1, 0.15) is 5.84 Å². The molecular weight excluding hydrogens is 322 g/mol. The third-order valence-electron chi connectivity index (χ3n) is 5.13. The minimum absolute atomic E-state index is 0.0412. The van der Waals surface area contributed by atoms with Crippen molar-refractivity contribution in [1.82, 2.24) is 9.78 Å². The summed E-state index contributed by atoms with van der Waals surface area (Å²) in [4.78, 5) is 0. The molecule has 5 heteroatoms. The van der Waals surface area contributed by atoms with Gasteiger partial charge in [0.25, 0.3) is 0 Å². The van der Waals surface area contributed by atoms with Crippen LogP contribution in [0.15, 0.2) is 42.7 Å². The zero-order valence-corrected chi connectivity index (χ0v) is 15.3. The molecule has 0 unspecified atom stereocenters. The molecule has 5 nitrogen and oxygen atoms in total. The van der Waals surface area contributed by atoms with Crippen molar-refractivity contribution in [3.05, 3.63) is 59.4 Å². The maximum Gasteiger partial charge on any atom is 0.123 e. The third-order valence-corrected chi connectivity index (χ3v) is 5.13. The van der Waals surface area contributed by atoms with E-state index in [4.69, 9.17) is 16.6 Å². The number of nitrogens with zero attached hydrogens (tertiary/aromatic N) is 2. The summed E-state index contributed by atoms with van der Waals surface area (Å²) in [5.41, 5.74) is 9.39. The molecule has 1 aromatic carbocycles. The highest BCUT2D eigenvalue weighted by Gasteiger charge is 2.16. The van der Waals surface area contributed by atoms with E-state index < -0.39 is 0 Å². The van der Waals surface area contributed by atoms with Gasteiger partial charge in [-0.1, -0.05) is 43.5 Å². The first-order valence-electron chi connectivity index (χ1n) is 9.28. The van der Waals surface area contributed by atoms with E-state index in [-0.39, 0.29) is 5.84 Å². The summed E-state index contributed by atoms with van der Waals surface area (Å²) in [5, 5.41) is 20.8. The van der Waals surface area contributed by atoms with E-state index in [1.807, 2.05) is 42.1 Å². The highest BCUT2D eigenvalue weighted by atomic mass is 15.3. The number of benzene rings is 1. The standard InChI is InChI=1S/C21H27N5/c1-15-7-5-6-10-18(15)20(22)11-19(21(23)24)17-12-25-26(14-17)13-16-8-3-2-4-9-16/h5-7,10-12,14,16,22H,2-4,8-9,13H2,1H3,(H3,23,24)/b19-11-,22-20?. The molecule has 0 saturated heterocycles. The highest BCUT2D eigenvalue weighted by Crippen LogP contribution is 2.25. The van der Waals surface area contributed by atoms with Crippen LogP contribution in [-0.4, -0.2) is 21.3 Å². The molecule has 0 amide bonds. The lowest BCUT2D eigenvalue weighted by Crippen LogP contribution is -2.15. The second-order valence-electron chi connectivity index (χ2n) is 7.16. The Kier molecular flexibility index (Phi) is 5.66. The maximum atomic E-state index is 8.40. The van der Waals surface area contributed by atoms with Crippen molar-refractivity contribution in [2.24, 2.45) is 11.7 Å². The molecule has 0 spiro atoms. The molecule has 1 heterocycles. The Morgan fingerprint density at radius 1 is 1.23 bits per heavy atom. The normalized spacial score (nSPS) is 15.8. The molecule has 2 aromatic rings. The fourth-order valence-corrected chi connectivity index (χ4v) is 3.65. The van der Waals surface area contributed by atoms with Crippen molar-refractivity contribution >= 4 is 17.1 Å². The number of aryl methyl sites for hydroxylation is 1. The Morgan fingerprint density at radius 2 is 1.96 bits per heavy atom. The van der Waals surface area contributed by atoms with Gasteiger partial charge in [-0.25, -0.2) is 0 Å². The van der Waals surface area contributed by atoms with Gasteiger partial charge in [0.05, 0.1) is 11.9 Å². The summed E-state index contributed by atoms with van der Waals surface area (Å²) >= 11 is 0. The van der Waals surface area contributed by atoms with E-state index >= 15 is 0 Å². The number of hydrogen-bond acceptors (Lipinski definition) is 3. The van der Waals surface area contributed by atoms with Gasteiger partial charge in [0, 0.05) is 29.4 Å². The second kappa shape index (κ2) is 8.13. The zero-order chi connectivity index (χ0) is 18.5. The van der Waals surface area contributed by atoms with Crippen LogP contribution in [0.1, 0.15) is 48.8 Å². The highest BCUT2D eigenvalue weighted by molar-refractivity contribution is 6.26. The summed E-state index contributed by atoms with van der Waals surface area (Å²) < 4.78 is 1.96. The summed E-state index contributed by atoms with van der Waals surface area (Å²) in [6.07, 6.45) is 11.9. The fraction of sp³-hybridized carbons (Fsp3) is 0.381. The van der Waals surface area contributed by atoms with Gasteiger partial charge >= 0.3 is 0 Å². The number of amidine groups is 1. The Balaban J connectivity index is 1.81. The van der Waals surface area contributed by atoms with Crippen molar-refractivity contribution in [2.75, 3.05) is 0 Å². The van der Waals surface area contributed by atoms with E-state index in [0.717, 1.165) is 23.2 Å². The van der Waals surface area contributed by atoms with Crippen LogP contribution in [-0.2, 0) is 6.54 Å². The summed E-state index contributed by atoms with van der Waals surface area (Å²) in [6, 6.07) is 7.77. The van der Waals surface area contributed by atoms with E-state index in [0.29, 0.717) is 17.2 Å². The molecule has 4 N–H and O–H groups in total.